The second-order valence-corrected chi connectivity index (χ2v) is 7.12. The van der Waals surface area contributed by atoms with Gasteiger partial charge in [-0.05, 0) is 24.3 Å². The summed E-state index contributed by atoms with van der Waals surface area (Å²) in [5.41, 5.74) is 0.279. The quantitative estimate of drug-likeness (QED) is 0.804. The largest absolute Gasteiger partial charge is 0.324 e. The summed E-state index contributed by atoms with van der Waals surface area (Å²) in [5, 5.41) is 4.51. The first kappa shape index (κ1) is 15.9. The van der Waals surface area contributed by atoms with E-state index in [1.54, 1.807) is 18.2 Å². The van der Waals surface area contributed by atoms with Gasteiger partial charge >= 0.3 is 0 Å². The van der Waals surface area contributed by atoms with Crippen LogP contribution < -0.4 is 10.6 Å². The minimum absolute atomic E-state index is 0.0337. The SMILES string of the molecule is O=C(CS(=O)(=O)c1ccccc1)Nc1cccc2c1C(=O)NC2=O. The molecule has 0 spiro atoms. The number of amides is 3. The first-order valence-electron chi connectivity index (χ1n) is 6.95. The zero-order chi connectivity index (χ0) is 17.3. The van der Waals surface area contributed by atoms with E-state index >= 15 is 0 Å². The monoisotopic (exact) mass is 344 g/mol. The Bertz CT molecular complexity index is 952. The molecule has 0 fully saturated rings. The van der Waals surface area contributed by atoms with Crippen LogP contribution in [0.3, 0.4) is 0 Å². The first-order chi connectivity index (χ1) is 11.4. The molecule has 3 amide bonds. The average molecular weight is 344 g/mol. The van der Waals surface area contributed by atoms with Crippen molar-refractivity contribution in [3.05, 3.63) is 59.7 Å². The third kappa shape index (κ3) is 2.91. The lowest BCUT2D eigenvalue weighted by Crippen LogP contribution is -2.24. The van der Waals surface area contributed by atoms with E-state index in [1.807, 2.05) is 0 Å². The fourth-order valence-corrected chi connectivity index (χ4v) is 3.55. The number of sulfone groups is 1. The lowest BCUT2D eigenvalue weighted by atomic mass is 10.1. The molecule has 0 atom stereocenters. The van der Waals surface area contributed by atoms with Crippen LogP contribution in [0.15, 0.2) is 53.4 Å². The van der Waals surface area contributed by atoms with Crippen molar-refractivity contribution in [3.63, 3.8) is 0 Å². The van der Waals surface area contributed by atoms with Gasteiger partial charge in [-0.1, -0.05) is 24.3 Å². The summed E-state index contributed by atoms with van der Waals surface area (Å²) >= 11 is 0. The molecule has 24 heavy (non-hydrogen) atoms. The highest BCUT2D eigenvalue weighted by Crippen LogP contribution is 2.24. The summed E-state index contributed by atoms with van der Waals surface area (Å²) in [6, 6.07) is 12.0. The molecule has 0 aromatic heterocycles. The van der Waals surface area contributed by atoms with Gasteiger partial charge in [0.2, 0.25) is 5.91 Å². The van der Waals surface area contributed by atoms with Gasteiger partial charge < -0.3 is 5.32 Å². The van der Waals surface area contributed by atoms with Gasteiger partial charge in [0.1, 0.15) is 5.75 Å². The molecule has 3 rings (SSSR count). The molecule has 1 aliphatic rings. The van der Waals surface area contributed by atoms with Crippen molar-refractivity contribution in [2.24, 2.45) is 0 Å². The van der Waals surface area contributed by atoms with E-state index in [9.17, 15) is 22.8 Å². The molecular weight excluding hydrogens is 332 g/mol. The number of carbonyl (C=O) groups excluding carboxylic acids is 3. The van der Waals surface area contributed by atoms with Crippen molar-refractivity contribution in [1.29, 1.82) is 0 Å². The van der Waals surface area contributed by atoms with Crippen molar-refractivity contribution in [2.75, 3.05) is 11.1 Å². The third-order valence-electron chi connectivity index (χ3n) is 3.46. The second-order valence-electron chi connectivity index (χ2n) is 5.13. The van der Waals surface area contributed by atoms with Crippen molar-refractivity contribution in [2.45, 2.75) is 4.90 Å². The van der Waals surface area contributed by atoms with Crippen LogP contribution in [0.1, 0.15) is 20.7 Å². The van der Waals surface area contributed by atoms with Gasteiger partial charge in [0, 0.05) is 0 Å². The molecule has 0 radical (unpaired) electrons. The number of benzene rings is 2. The van der Waals surface area contributed by atoms with Crippen molar-refractivity contribution < 1.29 is 22.8 Å². The molecule has 1 aliphatic heterocycles. The van der Waals surface area contributed by atoms with Crippen LogP contribution in [-0.4, -0.2) is 31.9 Å². The molecule has 8 heteroatoms. The maximum atomic E-state index is 12.2. The lowest BCUT2D eigenvalue weighted by Gasteiger charge is -2.09. The predicted octanol–water partition coefficient (Wildman–Crippen LogP) is 0.983. The van der Waals surface area contributed by atoms with Gasteiger partial charge in [0.25, 0.3) is 11.8 Å². The van der Waals surface area contributed by atoms with E-state index < -0.39 is 33.3 Å². The fourth-order valence-electron chi connectivity index (χ4n) is 2.39. The van der Waals surface area contributed by atoms with Crippen LogP contribution in [0.2, 0.25) is 0 Å². The number of rotatable bonds is 4. The van der Waals surface area contributed by atoms with Crippen LogP contribution in [-0.2, 0) is 14.6 Å². The van der Waals surface area contributed by atoms with Crippen LogP contribution in [0.5, 0.6) is 0 Å². The minimum Gasteiger partial charge on any atom is -0.324 e. The molecule has 7 nitrogen and oxygen atoms in total. The Labute approximate surface area is 137 Å². The molecule has 0 bridgehead atoms. The zero-order valence-corrected chi connectivity index (χ0v) is 13.1. The highest BCUT2D eigenvalue weighted by atomic mass is 32.2. The third-order valence-corrected chi connectivity index (χ3v) is 5.09. The molecule has 122 valence electrons. The van der Waals surface area contributed by atoms with Gasteiger partial charge in [-0.25, -0.2) is 8.42 Å². The van der Waals surface area contributed by atoms with Crippen LogP contribution in [0, 0.1) is 0 Å². The Balaban J connectivity index is 1.82. The maximum absolute atomic E-state index is 12.2. The number of anilines is 1. The van der Waals surface area contributed by atoms with Gasteiger partial charge in [-0.15, -0.1) is 0 Å². The topological polar surface area (TPSA) is 109 Å². The van der Waals surface area contributed by atoms with Crippen molar-refractivity contribution in [1.82, 2.24) is 5.32 Å². The number of hydrogen-bond acceptors (Lipinski definition) is 5. The minimum atomic E-state index is -3.80. The highest BCUT2D eigenvalue weighted by Gasteiger charge is 2.30. The smallest absolute Gasteiger partial charge is 0.261 e. The average Bonchev–Trinajstić information content (AvgIpc) is 2.83. The molecular formula is C16H12N2O5S. The van der Waals surface area contributed by atoms with Gasteiger partial charge in [-0.3, -0.25) is 19.7 Å². The Morgan fingerprint density at radius 2 is 1.67 bits per heavy atom. The molecule has 0 unspecified atom stereocenters. The Hall–Kier alpha value is -3.00. The molecule has 2 aromatic carbocycles. The summed E-state index contributed by atoms with van der Waals surface area (Å²) in [5.74, 6) is -2.74. The van der Waals surface area contributed by atoms with Crippen LogP contribution in [0.25, 0.3) is 0 Å². The van der Waals surface area contributed by atoms with Gasteiger partial charge in [-0.2, -0.15) is 0 Å². The van der Waals surface area contributed by atoms with Crippen molar-refractivity contribution in [3.8, 4) is 0 Å². The molecule has 2 N–H and O–H groups in total. The number of fused-ring (bicyclic) bond motifs is 1. The second kappa shape index (κ2) is 5.89. The van der Waals surface area contributed by atoms with E-state index in [0.717, 1.165) is 0 Å². The number of hydrogen-bond donors (Lipinski definition) is 2. The molecule has 0 aliphatic carbocycles. The maximum Gasteiger partial charge on any atom is 0.261 e. The fraction of sp³-hybridized carbons (Fsp3) is 0.0625. The molecule has 0 saturated heterocycles. The normalized spacial score (nSPS) is 13.3. The zero-order valence-electron chi connectivity index (χ0n) is 12.3. The molecule has 0 saturated carbocycles. The number of nitrogens with one attached hydrogen (secondary N) is 2. The summed E-state index contributed by atoms with van der Waals surface area (Å²) in [6.07, 6.45) is 0. The van der Waals surface area contributed by atoms with Crippen LogP contribution in [0.4, 0.5) is 5.69 Å². The molecule has 2 aromatic rings. The van der Waals surface area contributed by atoms with Crippen molar-refractivity contribution >= 4 is 33.2 Å². The summed E-state index contributed by atoms with van der Waals surface area (Å²) in [4.78, 5) is 35.5. The van der Waals surface area contributed by atoms with E-state index in [4.69, 9.17) is 0 Å². The summed E-state index contributed by atoms with van der Waals surface area (Å²) < 4.78 is 24.4. The number of carbonyl (C=O) groups is 3. The Morgan fingerprint density at radius 1 is 0.958 bits per heavy atom. The summed E-state index contributed by atoms with van der Waals surface area (Å²) in [7, 11) is -3.80. The van der Waals surface area contributed by atoms with E-state index in [2.05, 4.69) is 10.6 Å². The van der Waals surface area contributed by atoms with Gasteiger partial charge in [0.05, 0.1) is 21.7 Å². The summed E-state index contributed by atoms with van der Waals surface area (Å²) in [6.45, 7) is 0. The van der Waals surface area contributed by atoms with E-state index in [1.165, 1.54) is 30.3 Å². The first-order valence-corrected chi connectivity index (χ1v) is 8.60. The standard InChI is InChI=1S/C16H12N2O5S/c19-13(9-24(22,23)10-5-2-1-3-6-10)17-12-8-4-7-11-14(12)16(21)18-15(11)20/h1-8H,9H2,(H,17,19)(H,18,20,21). The van der Waals surface area contributed by atoms with Crippen LogP contribution >= 0.6 is 0 Å². The number of imide groups is 1. The predicted molar refractivity (Wildman–Crippen MR) is 85.4 cm³/mol. The Morgan fingerprint density at radius 3 is 2.38 bits per heavy atom. The highest BCUT2D eigenvalue weighted by molar-refractivity contribution is 7.92. The Kier molecular flexibility index (Phi) is 3.90. The van der Waals surface area contributed by atoms with Gasteiger partial charge in [0.15, 0.2) is 9.84 Å². The van der Waals surface area contributed by atoms with E-state index in [-0.39, 0.29) is 21.7 Å². The van der Waals surface area contributed by atoms with E-state index in [0.29, 0.717) is 0 Å². The molecule has 1 heterocycles. The lowest BCUT2D eigenvalue weighted by molar-refractivity contribution is -0.113.